The van der Waals surface area contributed by atoms with E-state index in [1.807, 2.05) is 41.5 Å². The highest BCUT2D eigenvalue weighted by atomic mass is 35.5. The molecule has 1 N–H and O–H groups in total. The van der Waals surface area contributed by atoms with Gasteiger partial charge in [-0.15, -0.1) is 11.8 Å². The summed E-state index contributed by atoms with van der Waals surface area (Å²) in [5.74, 6) is -0.938. The number of halogens is 2. The predicted molar refractivity (Wildman–Crippen MR) is 114 cm³/mol. The Morgan fingerprint density at radius 3 is 2.46 bits per heavy atom. The number of hydrogen-bond acceptors (Lipinski definition) is 4. The lowest BCUT2D eigenvalue weighted by atomic mass is 9.92. The molecule has 0 saturated carbocycles. The summed E-state index contributed by atoms with van der Waals surface area (Å²) >= 11 is 7.43. The normalized spacial score (nSPS) is 12.8. The fourth-order valence-corrected chi connectivity index (χ4v) is 3.84. The van der Waals surface area contributed by atoms with E-state index in [4.69, 9.17) is 16.3 Å². The lowest BCUT2D eigenvalue weighted by molar-refractivity contribution is -0.144. The van der Waals surface area contributed by atoms with E-state index in [1.54, 1.807) is 0 Å². The van der Waals surface area contributed by atoms with Crippen LogP contribution in [0.5, 0.6) is 0 Å². The molecule has 0 heterocycles. The molecule has 0 radical (unpaired) electrons. The fraction of sp³-hybridized carbons (Fsp3) is 0.619. The van der Waals surface area contributed by atoms with E-state index in [0.717, 1.165) is 6.42 Å². The predicted octanol–water partition coefficient (Wildman–Crippen LogP) is 6.31. The zero-order valence-electron chi connectivity index (χ0n) is 17.5. The van der Waals surface area contributed by atoms with Crippen LogP contribution in [-0.2, 0) is 14.3 Å². The van der Waals surface area contributed by atoms with Crippen LogP contribution in [-0.4, -0.2) is 23.7 Å². The number of rotatable bonds is 9. The summed E-state index contributed by atoms with van der Waals surface area (Å²) < 4.78 is 19.6. The Bertz CT molecular complexity index is 689. The first-order chi connectivity index (χ1) is 12.9. The second kappa shape index (κ2) is 11.1. The Morgan fingerprint density at radius 1 is 1.29 bits per heavy atom. The van der Waals surface area contributed by atoms with Gasteiger partial charge in [0.2, 0.25) is 5.91 Å². The first kappa shape index (κ1) is 24.8. The highest BCUT2D eigenvalue weighted by Gasteiger charge is 2.24. The van der Waals surface area contributed by atoms with E-state index in [9.17, 15) is 14.0 Å². The molecule has 158 valence electrons. The molecule has 1 unspecified atom stereocenters. The first-order valence-electron chi connectivity index (χ1n) is 9.55. The van der Waals surface area contributed by atoms with E-state index in [2.05, 4.69) is 5.32 Å². The summed E-state index contributed by atoms with van der Waals surface area (Å²) in [7, 11) is 0. The maximum atomic E-state index is 14.3. The summed E-state index contributed by atoms with van der Waals surface area (Å²) in [6.45, 7) is 12.1. The molecule has 4 nitrogen and oxygen atoms in total. The third-order valence-corrected chi connectivity index (χ3v) is 5.36. The van der Waals surface area contributed by atoms with Gasteiger partial charge in [0.15, 0.2) is 0 Å². The van der Waals surface area contributed by atoms with E-state index >= 15 is 0 Å². The Labute approximate surface area is 176 Å². The van der Waals surface area contributed by atoms with Crippen molar-refractivity contribution in [1.29, 1.82) is 0 Å². The number of amides is 1. The Hall–Kier alpha value is -1.27. The Balaban J connectivity index is 2.98. The molecular formula is C21H31ClFNO3S. The third-order valence-electron chi connectivity index (χ3n) is 3.63. The lowest BCUT2D eigenvalue weighted by Gasteiger charge is -2.19. The second-order valence-electron chi connectivity index (χ2n) is 8.47. The summed E-state index contributed by atoms with van der Waals surface area (Å²) in [5.41, 5.74) is -0.149. The van der Waals surface area contributed by atoms with Gasteiger partial charge in [0.1, 0.15) is 11.1 Å². The number of carbonyl (C=O) groups is 2. The van der Waals surface area contributed by atoms with Gasteiger partial charge < -0.3 is 10.1 Å². The molecule has 7 heteroatoms. The minimum Gasteiger partial charge on any atom is -0.465 e. The molecule has 0 aliphatic rings. The maximum Gasteiger partial charge on any atom is 0.319 e. The average Bonchev–Trinajstić information content (AvgIpc) is 2.54. The molecule has 28 heavy (non-hydrogen) atoms. The highest BCUT2D eigenvalue weighted by molar-refractivity contribution is 8.00. The number of carbonyl (C=O) groups excluding carboxylic acids is 2. The molecule has 0 aromatic heterocycles. The fourth-order valence-electron chi connectivity index (χ4n) is 2.37. The first-order valence-corrected chi connectivity index (χ1v) is 10.8. The molecule has 1 aromatic carbocycles. The van der Waals surface area contributed by atoms with Crippen LogP contribution in [0.15, 0.2) is 17.0 Å². The van der Waals surface area contributed by atoms with Gasteiger partial charge in [0.05, 0.1) is 17.3 Å². The zero-order chi connectivity index (χ0) is 21.5. The van der Waals surface area contributed by atoms with Crippen LogP contribution in [0.25, 0.3) is 0 Å². The molecule has 1 aromatic rings. The van der Waals surface area contributed by atoms with Gasteiger partial charge in [-0.05, 0) is 29.9 Å². The summed E-state index contributed by atoms with van der Waals surface area (Å²) in [5, 5.41) is 2.37. The number of hydrogen-bond donors (Lipinski definition) is 1. The molecule has 0 aliphatic carbocycles. The van der Waals surface area contributed by atoms with Crippen molar-refractivity contribution in [2.45, 2.75) is 71.0 Å². The monoisotopic (exact) mass is 431 g/mol. The molecular weight excluding hydrogens is 401 g/mol. The van der Waals surface area contributed by atoms with E-state index in [1.165, 1.54) is 23.9 Å². The topological polar surface area (TPSA) is 55.4 Å². The number of benzene rings is 1. The summed E-state index contributed by atoms with van der Waals surface area (Å²) in [4.78, 5) is 25.1. The van der Waals surface area contributed by atoms with Crippen LogP contribution in [0, 0.1) is 17.2 Å². The van der Waals surface area contributed by atoms with Gasteiger partial charge in [0, 0.05) is 11.3 Å². The minimum atomic E-state index is -0.606. The van der Waals surface area contributed by atoms with Gasteiger partial charge >= 0.3 is 5.97 Å². The van der Waals surface area contributed by atoms with Crippen molar-refractivity contribution in [1.82, 2.24) is 0 Å². The molecule has 1 rings (SSSR count). The summed E-state index contributed by atoms with van der Waals surface area (Å²) in [6.07, 6.45) is 1.67. The van der Waals surface area contributed by atoms with E-state index in [-0.39, 0.29) is 40.3 Å². The van der Waals surface area contributed by atoms with Crippen molar-refractivity contribution < 1.29 is 18.7 Å². The van der Waals surface area contributed by atoms with Gasteiger partial charge in [-0.25, -0.2) is 4.39 Å². The van der Waals surface area contributed by atoms with Crippen LogP contribution in [0.3, 0.4) is 0 Å². The van der Waals surface area contributed by atoms with Crippen molar-refractivity contribution in [2.75, 3.05) is 11.9 Å². The largest absolute Gasteiger partial charge is 0.465 e. The summed E-state index contributed by atoms with van der Waals surface area (Å²) in [6, 6.07) is 2.65. The molecule has 0 bridgehead atoms. The molecule has 1 amide bonds. The van der Waals surface area contributed by atoms with Crippen molar-refractivity contribution in [2.24, 2.45) is 11.3 Å². The van der Waals surface area contributed by atoms with Crippen LogP contribution >= 0.6 is 23.4 Å². The van der Waals surface area contributed by atoms with Crippen molar-refractivity contribution in [3.63, 3.8) is 0 Å². The molecule has 0 saturated heterocycles. The lowest BCUT2D eigenvalue weighted by Crippen LogP contribution is -2.22. The molecule has 0 fully saturated rings. The number of esters is 1. The van der Waals surface area contributed by atoms with Crippen LogP contribution in [0.4, 0.5) is 10.1 Å². The van der Waals surface area contributed by atoms with Crippen molar-refractivity contribution in [3.05, 3.63) is 23.0 Å². The number of anilines is 1. The van der Waals surface area contributed by atoms with E-state index in [0.29, 0.717) is 17.9 Å². The molecule has 0 aliphatic heterocycles. The maximum absolute atomic E-state index is 14.3. The van der Waals surface area contributed by atoms with Gasteiger partial charge in [-0.3, -0.25) is 9.59 Å². The Kier molecular flexibility index (Phi) is 9.78. The highest BCUT2D eigenvalue weighted by Crippen LogP contribution is 2.36. The quantitative estimate of drug-likeness (QED) is 0.367. The SMILES string of the molecule is CCCC(Sc1cc(NC(=O)CC(C)(C)C)c(F)cc1Cl)C(=O)OCC(C)C. The molecule has 0 spiro atoms. The number of thioether (sulfide) groups is 1. The van der Waals surface area contributed by atoms with Gasteiger partial charge in [0.25, 0.3) is 0 Å². The van der Waals surface area contributed by atoms with Crippen molar-refractivity contribution >= 4 is 40.9 Å². The van der Waals surface area contributed by atoms with Gasteiger partial charge in [-0.2, -0.15) is 0 Å². The molecule has 1 atom stereocenters. The zero-order valence-corrected chi connectivity index (χ0v) is 19.1. The average molecular weight is 432 g/mol. The van der Waals surface area contributed by atoms with Crippen LogP contribution in [0.2, 0.25) is 5.02 Å². The van der Waals surface area contributed by atoms with Crippen LogP contribution < -0.4 is 5.32 Å². The van der Waals surface area contributed by atoms with E-state index < -0.39 is 11.1 Å². The van der Waals surface area contributed by atoms with Gasteiger partial charge in [-0.1, -0.05) is 59.6 Å². The number of ether oxygens (including phenoxy) is 1. The minimum absolute atomic E-state index is 0.0620. The van der Waals surface area contributed by atoms with Crippen LogP contribution in [0.1, 0.15) is 60.8 Å². The third kappa shape index (κ3) is 8.82. The Morgan fingerprint density at radius 2 is 1.93 bits per heavy atom. The second-order valence-corrected chi connectivity index (χ2v) is 10.1. The number of nitrogens with one attached hydrogen (secondary N) is 1. The standard InChI is InChI=1S/C21H31ClFNO3S/c1-7-8-17(20(26)27-12-13(2)3)28-18-10-16(15(23)9-14(18)22)24-19(25)11-21(4,5)6/h9-10,13,17H,7-8,11-12H2,1-6H3,(H,24,25). The van der Waals surface area contributed by atoms with Crippen molar-refractivity contribution in [3.8, 4) is 0 Å². The smallest absolute Gasteiger partial charge is 0.319 e.